The van der Waals surface area contributed by atoms with Gasteiger partial charge in [0.1, 0.15) is 0 Å². The average molecular weight is 383 g/mol. The second-order valence-corrected chi connectivity index (χ2v) is 6.57. The van der Waals surface area contributed by atoms with Crippen LogP contribution >= 0.6 is 0 Å². The molecule has 1 heterocycles. The fourth-order valence-electron chi connectivity index (χ4n) is 2.72. The number of carbonyl (C=O) groups is 1. The Kier molecular flexibility index (Phi) is 9.79. The Morgan fingerprint density at radius 3 is 2.79 bits per heavy atom. The van der Waals surface area contributed by atoms with Crippen LogP contribution in [0.4, 0.5) is 11.4 Å². The predicted octanol–water partition coefficient (Wildman–Crippen LogP) is 1.94. The number of rotatable bonds is 8. The highest BCUT2D eigenvalue weighted by atomic mass is 16.5. The molecule has 0 aliphatic carbocycles. The number of nitrogen functional groups attached to an aromatic ring is 1. The molecule has 1 aliphatic heterocycles. The van der Waals surface area contributed by atoms with E-state index in [0.29, 0.717) is 24.3 Å². The van der Waals surface area contributed by atoms with Gasteiger partial charge in [0.15, 0.2) is 0 Å². The zero-order valence-corrected chi connectivity index (χ0v) is 16.6. The number of benzene rings is 1. The van der Waals surface area contributed by atoms with E-state index in [2.05, 4.69) is 46.1 Å². The van der Waals surface area contributed by atoms with E-state index in [1.54, 1.807) is 18.2 Å². The molecule has 0 unspecified atom stereocenters. The van der Waals surface area contributed by atoms with E-state index in [9.17, 15) is 4.79 Å². The molecule has 1 fully saturated rings. The molecular formula is C22H30N4O2. The van der Waals surface area contributed by atoms with Crippen molar-refractivity contribution in [1.29, 1.82) is 0 Å². The van der Waals surface area contributed by atoms with E-state index in [0.717, 1.165) is 57.8 Å². The number of carbonyl (C=O) groups excluding carboxylic acids is 1. The molecule has 4 N–H and O–H groups in total. The van der Waals surface area contributed by atoms with Crippen molar-refractivity contribution in [2.75, 3.05) is 57.0 Å². The van der Waals surface area contributed by atoms with Crippen molar-refractivity contribution in [1.82, 2.24) is 10.2 Å². The molecule has 6 heteroatoms. The van der Waals surface area contributed by atoms with Gasteiger partial charge >= 0.3 is 0 Å². The first-order valence-corrected chi connectivity index (χ1v) is 9.88. The molecule has 0 bridgehead atoms. The highest BCUT2D eigenvalue weighted by Crippen LogP contribution is 2.19. The van der Waals surface area contributed by atoms with Crippen molar-refractivity contribution in [2.24, 2.45) is 0 Å². The Bertz CT molecular complexity index is 749. The van der Waals surface area contributed by atoms with Gasteiger partial charge in [-0.3, -0.25) is 9.69 Å². The highest BCUT2D eigenvalue weighted by molar-refractivity contribution is 5.96. The molecule has 1 aliphatic rings. The summed E-state index contributed by atoms with van der Waals surface area (Å²) in [5, 5.41) is 6.09. The summed E-state index contributed by atoms with van der Waals surface area (Å²) in [7, 11) is 0. The number of unbranched alkanes of at least 4 members (excludes halogenated alkanes) is 2. The van der Waals surface area contributed by atoms with Crippen LogP contribution in [0, 0.1) is 23.7 Å². The Morgan fingerprint density at radius 2 is 2.04 bits per heavy atom. The van der Waals surface area contributed by atoms with E-state index in [1.807, 2.05) is 0 Å². The Morgan fingerprint density at radius 1 is 1.25 bits per heavy atom. The molecule has 28 heavy (non-hydrogen) atoms. The van der Waals surface area contributed by atoms with Gasteiger partial charge in [-0.25, -0.2) is 0 Å². The van der Waals surface area contributed by atoms with Crippen LogP contribution in [-0.2, 0) is 4.74 Å². The molecule has 0 aromatic heterocycles. The van der Waals surface area contributed by atoms with Gasteiger partial charge in [0.05, 0.1) is 31.1 Å². The van der Waals surface area contributed by atoms with Gasteiger partial charge in [0.2, 0.25) is 0 Å². The summed E-state index contributed by atoms with van der Waals surface area (Å²) in [5.41, 5.74) is 7.90. The molecule has 0 atom stereocenters. The van der Waals surface area contributed by atoms with Crippen LogP contribution in [0.15, 0.2) is 18.2 Å². The van der Waals surface area contributed by atoms with Crippen LogP contribution < -0.4 is 16.4 Å². The zero-order valence-electron chi connectivity index (χ0n) is 16.6. The molecule has 0 radical (unpaired) electrons. The monoisotopic (exact) mass is 382 g/mol. The van der Waals surface area contributed by atoms with E-state index < -0.39 is 0 Å². The van der Waals surface area contributed by atoms with Crippen LogP contribution in [0.1, 0.15) is 36.5 Å². The summed E-state index contributed by atoms with van der Waals surface area (Å²) in [5.74, 6) is 11.5. The van der Waals surface area contributed by atoms with Crippen molar-refractivity contribution in [3.63, 3.8) is 0 Å². The molecule has 150 valence electrons. The van der Waals surface area contributed by atoms with Crippen LogP contribution in [0.2, 0.25) is 0 Å². The topological polar surface area (TPSA) is 79.6 Å². The molecule has 1 aromatic rings. The van der Waals surface area contributed by atoms with Gasteiger partial charge in [-0.2, -0.15) is 0 Å². The summed E-state index contributed by atoms with van der Waals surface area (Å²) in [4.78, 5) is 14.6. The lowest BCUT2D eigenvalue weighted by atomic mass is 10.1. The SMILES string of the molecule is CCCCC#CC#CCNc1ccc(C(=O)NCCN2CCOCC2)cc1N. The predicted molar refractivity (Wildman–Crippen MR) is 114 cm³/mol. The third-order valence-electron chi connectivity index (χ3n) is 4.39. The van der Waals surface area contributed by atoms with Gasteiger partial charge in [0, 0.05) is 38.2 Å². The van der Waals surface area contributed by atoms with Crippen LogP contribution in [0.5, 0.6) is 0 Å². The Balaban J connectivity index is 1.74. The average Bonchev–Trinajstić information content (AvgIpc) is 2.71. The van der Waals surface area contributed by atoms with Gasteiger partial charge in [-0.05, 0) is 36.5 Å². The first-order chi connectivity index (χ1) is 13.7. The third kappa shape index (κ3) is 7.92. The number of amides is 1. The van der Waals surface area contributed by atoms with Gasteiger partial charge < -0.3 is 21.1 Å². The lowest BCUT2D eigenvalue weighted by Gasteiger charge is -2.26. The summed E-state index contributed by atoms with van der Waals surface area (Å²) >= 11 is 0. The maximum Gasteiger partial charge on any atom is 0.251 e. The minimum Gasteiger partial charge on any atom is -0.397 e. The second-order valence-electron chi connectivity index (χ2n) is 6.57. The number of anilines is 2. The minimum atomic E-state index is -0.117. The number of hydrogen-bond donors (Lipinski definition) is 3. The standard InChI is InChI=1S/C22H30N4O2/c1-2-3-4-5-6-7-8-11-24-21-10-9-19(18-20(21)23)22(27)25-12-13-26-14-16-28-17-15-26/h9-10,18,24H,2-4,11-17,23H2,1H3,(H,25,27). The van der Waals surface area contributed by atoms with E-state index in [1.165, 1.54) is 0 Å². The lowest BCUT2D eigenvalue weighted by Crippen LogP contribution is -2.41. The van der Waals surface area contributed by atoms with Gasteiger partial charge in [-0.15, -0.1) is 0 Å². The molecule has 0 saturated carbocycles. The Hall–Kier alpha value is -2.67. The van der Waals surface area contributed by atoms with E-state index >= 15 is 0 Å². The highest BCUT2D eigenvalue weighted by Gasteiger charge is 2.11. The molecule has 6 nitrogen and oxygen atoms in total. The van der Waals surface area contributed by atoms with Crippen molar-refractivity contribution in [3.8, 4) is 23.7 Å². The van der Waals surface area contributed by atoms with Crippen molar-refractivity contribution < 1.29 is 9.53 Å². The molecular weight excluding hydrogens is 352 g/mol. The van der Waals surface area contributed by atoms with Crippen molar-refractivity contribution >= 4 is 17.3 Å². The van der Waals surface area contributed by atoms with Crippen molar-refractivity contribution in [2.45, 2.75) is 26.2 Å². The number of nitrogens with one attached hydrogen (secondary N) is 2. The van der Waals surface area contributed by atoms with E-state index in [-0.39, 0.29) is 5.91 Å². The first kappa shape index (κ1) is 21.6. The first-order valence-electron chi connectivity index (χ1n) is 9.88. The summed E-state index contributed by atoms with van der Waals surface area (Å²) < 4.78 is 5.32. The van der Waals surface area contributed by atoms with Gasteiger partial charge in [-0.1, -0.05) is 25.2 Å². The van der Waals surface area contributed by atoms with Crippen LogP contribution in [0.25, 0.3) is 0 Å². The Labute approximate surface area is 168 Å². The smallest absolute Gasteiger partial charge is 0.251 e. The number of ether oxygens (including phenoxy) is 1. The van der Waals surface area contributed by atoms with Crippen LogP contribution in [-0.4, -0.2) is 56.7 Å². The number of nitrogens with two attached hydrogens (primary N) is 1. The molecule has 0 spiro atoms. The lowest BCUT2D eigenvalue weighted by molar-refractivity contribution is 0.0383. The summed E-state index contributed by atoms with van der Waals surface area (Å²) in [6.45, 7) is 7.37. The quantitative estimate of drug-likeness (QED) is 0.364. The molecule has 1 aromatic carbocycles. The normalized spacial score (nSPS) is 13.6. The number of nitrogens with zero attached hydrogens (tertiary/aromatic N) is 1. The fraction of sp³-hybridized carbons (Fsp3) is 0.500. The molecule has 2 rings (SSSR count). The van der Waals surface area contributed by atoms with Gasteiger partial charge in [0.25, 0.3) is 5.91 Å². The third-order valence-corrected chi connectivity index (χ3v) is 4.39. The maximum absolute atomic E-state index is 12.3. The van der Waals surface area contributed by atoms with E-state index in [4.69, 9.17) is 10.5 Å². The second kappa shape index (κ2) is 12.7. The fourth-order valence-corrected chi connectivity index (χ4v) is 2.72. The summed E-state index contributed by atoms with van der Waals surface area (Å²) in [6, 6.07) is 5.26. The minimum absolute atomic E-state index is 0.117. The maximum atomic E-state index is 12.3. The number of hydrogen-bond acceptors (Lipinski definition) is 5. The molecule has 1 saturated heterocycles. The largest absolute Gasteiger partial charge is 0.397 e. The zero-order chi connectivity index (χ0) is 20.0. The van der Waals surface area contributed by atoms with Crippen LogP contribution in [0.3, 0.4) is 0 Å². The summed E-state index contributed by atoms with van der Waals surface area (Å²) in [6.07, 6.45) is 3.14. The number of morpholine rings is 1. The van der Waals surface area contributed by atoms with Crippen molar-refractivity contribution in [3.05, 3.63) is 23.8 Å². The molecule has 1 amide bonds.